The van der Waals surface area contributed by atoms with Gasteiger partial charge in [0.15, 0.2) is 11.5 Å². The predicted molar refractivity (Wildman–Crippen MR) is 124 cm³/mol. The Morgan fingerprint density at radius 1 is 1.21 bits per heavy atom. The van der Waals surface area contributed by atoms with Gasteiger partial charge in [0, 0.05) is 10.1 Å². The maximum atomic E-state index is 12.4. The zero-order valence-corrected chi connectivity index (χ0v) is 19.6. The average Bonchev–Trinajstić information content (AvgIpc) is 2.96. The van der Waals surface area contributed by atoms with Gasteiger partial charge in [-0.1, -0.05) is 30.7 Å². The molecule has 0 atom stereocenters. The Kier molecular flexibility index (Phi) is 7.48. The van der Waals surface area contributed by atoms with Gasteiger partial charge in [0.2, 0.25) is 0 Å². The molecule has 0 N–H and O–H groups in total. The number of hydrogen-bond acceptors (Lipinski definition) is 5. The number of rotatable bonds is 7. The number of hydrogen-bond donors (Lipinski definition) is 0. The smallest absolute Gasteiger partial charge is 0.293 e. The molecule has 0 spiro atoms. The summed E-state index contributed by atoms with van der Waals surface area (Å²) in [6.45, 7) is 2.69. The standard InChI is InChI=1S/C21H19ClINO4S/c1-3-8-24-20(25)18(29-21(24)26)11-14-9-16(22)19(17(10-14)27-2)28-12-13-4-6-15(23)7-5-13/h4-7,9-11H,3,8,12H2,1-2H3/b18-11+. The molecule has 0 saturated carbocycles. The summed E-state index contributed by atoms with van der Waals surface area (Å²) in [6.07, 6.45) is 2.37. The van der Waals surface area contributed by atoms with E-state index in [2.05, 4.69) is 22.6 Å². The van der Waals surface area contributed by atoms with Crippen molar-refractivity contribution in [2.45, 2.75) is 20.0 Å². The fourth-order valence-corrected chi connectivity index (χ4v) is 4.27. The first kappa shape index (κ1) is 22.0. The van der Waals surface area contributed by atoms with E-state index < -0.39 is 0 Å². The number of carbonyl (C=O) groups excluding carboxylic acids is 2. The van der Waals surface area contributed by atoms with Crippen molar-refractivity contribution in [3.8, 4) is 11.5 Å². The van der Waals surface area contributed by atoms with Crippen molar-refractivity contribution >= 4 is 63.2 Å². The van der Waals surface area contributed by atoms with Crippen molar-refractivity contribution in [2.75, 3.05) is 13.7 Å². The highest BCUT2D eigenvalue weighted by atomic mass is 127. The van der Waals surface area contributed by atoms with Crippen LogP contribution in [-0.2, 0) is 11.4 Å². The molecule has 3 rings (SSSR count). The van der Waals surface area contributed by atoms with Gasteiger partial charge in [0.25, 0.3) is 11.1 Å². The number of amides is 2. The summed E-state index contributed by atoms with van der Waals surface area (Å²) in [7, 11) is 1.53. The highest BCUT2D eigenvalue weighted by Gasteiger charge is 2.34. The first-order chi connectivity index (χ1) is 13.9. The Balaban J connectivity index is 1.82. The van der Waals surface area contributed by atoms with Gasteiger partial charge in [0.05, 0.1) is 17.0 Å². The van der Waals surface area contributed by atoms with Crippen molar-refractivity contribution in [3.05, 3.63) is 61.0 Å². The van der Waals surface area contributed by atoms with Crippen LogP contribution in [-0.4, -0.2) is 29.7 Å². The molecule has 0 bridgehead atoms. The molecule has 1 heterocycles. The van der Waals surface area contributed by atoms with Crippen molar-refractivity contribution in [1.29, 1.82) is 0 Å². The Labute approximate surface area is 192 Å². The Bertz CT molecular complexity index is 962. The van der Waals surface area contributed by atoms with E-state index in [0.29, 0.717) is 40.1 Å². The SMILES string of the molecule is CCCN1C(=O)S/C(=C/c2cc(Cl)c(OCc3ccc(I)cc3)c(OC)c2)C1=O. The maximum absolute atomic E-state index is 12.4. The Morgan fingerprint density at radius 2 is 1.93 bits per heavy atom. The molecule has 29 heavy (non-hydrogen) atoms. The first-order valence-corrected chi connectivity index (χ1v) is 11.2. The zero-order chi connectivity index (χ0) is 21.0. The van der Waals surface area contributed by atoms with Crippen molar-refractivity contribution in [1.82, 2.24) is 4.90 Å². The Morgan fingerprint density at radius 3 is 2.59 bits per heavy atom. The van der Waals surface area contributed by atoms with Crippen LogP contribution in [0.4, 0.5) is 4.79 Å². The molecular weight excluding hydrogens is 525 g/mol. The number of nitrogens with zero attached hydrogens (tertiary/aromatic N) is 1. The second-order valence-electron chi connectivity index (χ2n) is 6.28. The lowest BCUT2D eigenvalue weighted by atomic mass is 10.1. The highest BCUT2D eigenvalue weighted by molar-refractivity contribution is 14.1. The predicted octanol–water partition coefficient (Wildman–Crippen LogP) is 5.98. The number of imide groups is 1. The fraction of sp³-hybridized carbons (Fsp3) is 0.238. The number of benzene rings is 2. The summed E-state index contributed by atoms with van der Waals surface area (Å²) in [5.41, 5.74) is 1.67. The highest BCUT2D eigenvalue weighted by Crippen LogP contribution is 2.39. The van der Waals surface area contributed by atoms with Crippen LogP contribution < -0.4 is 9.47 Å². The monoisotopic (exact) mass is 543 g/mol. The number of carbonyl (C=O) groups is 2. The van der Waals surface area contributed by atoms with Crippen LogP contribution in [0.15, 0.2) is 41.3 Å². The van der Waals surface area contributed by atoms with Crippen LogP contribution in [0.5, 0.6) is 11.5 Å². The average molecular weight is 544 g/mol. The molecule has 5 nitrogen and oxygen atoms in total. The van der Waals surface area contributed by atoms with E-state index in [0.717, 1.165) is 27.3 Å². The molecule has 0 radical (unpaired) electrons. The molecule has 2 aromatic carbocycles. The first-order valence-electron chi connectivity index (χ1n) is 8.93. The van der Waals surface area contributed by atoms with Crippen molar-refractivity contribution in [3.63, 3.8) is 0 Å². The third-order valence-electron chi connectivity index (χ3n) is 4.17. The number of methoxy groups -OCH3 is 1. The number of halogens is 2. The molecule has 2 aromatic rings. The number of ether oxygens (including phenoxy) is 2. The van der Waals surface area contributed by atoms with E-state index >= 15 is 0 Å². The zero-order valence-electron chi connectivity index (χ0n) is 15.9. The van der Waals surface area contributed by atoms with E-state index in [1.165, 1.54) is 12.0 Å². The van der Waals surface area contributed by atoms with Crippen LogP contribution in [0.2, 0.25) is 5.02 Å². The molecular formula is C21H19ClINO4S. The Hall–Kier alpha value is -1.71. The molecule has 1 fully saturated rings. The van der Waals surface area contributed by atoms with E-state index in [1.807, 2.05) is 31.2 Å². The van der Waals surface area contributed by atoms with Gasteiger partial charge in [0.1, 0.15) is 6.61 Å². The van der Waals surface area contributed by atoms with Crippen LogP contribution in [0.3, 0.4) is 0 Å². The largest absolute Gasteiger partial charge is 0.493 e. The lowest BCUT2D eigenvalue weighted by molar-refractivity contribution is -0.122. The van der Waals surface area contributed by atoms with Gasteiger partial charge in [-0.15, -0.1) is 0 Å². The summed E-state index contributed by atoms with van der Waals surface area (Å²) in [5.74, 6) is 0.613. The summed E-state index contributed by atoms with van der Waals surface area (Å²) in [4.78, 5) is 26.1. The second kappa shape index (κ2) is 9.86. The lowest BCUT2D eigenvalue weighted by Gasteiger charge is -2.14. The molecule has 1 aliphatic rings. The molecule has 1 aliphatic heterocycles. The molecule has 2 amide bonds. The third-order valence-corrected chi connectivity index (χ3v) is 6.07. The minimum absolute atomic E-state index is 0.251. The van der Waals surface area contributed by atoms with Crippen molar-refractivity contribution < 1.29 is 19.1 Å². The van der Waals surface area contributed by atoms with E-state index in [4.69, 9.17) is 21.1 Å². The van der Waals surface area contributed by atoms with Gasteiger partial charge in [-0.05, 0) is 82.2 Å². The van der Waals surface area contributed by atoms with Crippen molar-refractivity contribution in [2.24, 2.45) is 0 Å². The van der Waals surface area contributed by atoms with E-state index in [9.17, 15) is 9.59 Å². The summed E-state index contributed by atoms with van der Waals surface area (Å²) in [5, 5.41) is 0.118. The summed E-state index contributed by atoms with van der Waals surface area (Å²) >= 11 is 9.61. The minimum atomic E-state index is -0.282. The lowest BCUT2D eigenvalue weighted by Crippen LogP contribution is -2.28. The molecule has 8 heteroatoms. The van der Waals surface area contributed by atoms with Gasteiger partial charge < -0.3 is 9.47 Å². The third kappa shape index (κ3) is 5.26. The maximum Gasteiger partial charge on any atom is 0.293 e. The van der Waals surface area contributed by atoms with Crippen LogP contribution in [0.1, 0.15) is 24.5 Å². The topological polar surface area (TPSA) is 55.8 Å². The summed E-state index contributed by atoms with van der Waals surface area (Å²) < 4.78 is 12.5. The second-order valence-corrected chi connectivity index (χ2v) is 8.93. The van der Waals surface area contributed by atoms with Gasteiger partial charge in [-0.2, -0.15) is 0 Å². The van der Waals surface area contributed by atoms with Gasteiger partial charge in [-0.25, -0.2) is 0 Å². The van der Waals surface area contributed by atoms with E-state index in [1.54, 1.807) is 18.2 Å². The molecule has 0 unspecified atom stereocenters. The van der Waals surface area contributed by atoms with Crippen LogP contribution in [0.25, 0.3) is 6.08 Å². The van der Waals surface area contributed by atoms with E-state index in [-0.39, 0.29) is 11.1 Å². The van der Waals surface area contributed by atoms with Gasteiger partial charge in [-0.3, -0.25) is 14.5 Å². The normalized spacial score (nSPS) is 15.3. The quantitative estimate of drug-likeness (QED) is 0.318. The summed E-state index contributed by atoms with van der Waals surface area (Å²) in [6, 6.07) is 11.4. The number of thioether (sulfide) groups is 1. The minimum Gasteiger partial charge on any atom is -0.493 e. The van der Waals surface area contributed by atoms with Gasteiger partial charge >= 0.3 is 0 Å². The molecule has 152 valence electrons. The fourth-order valence-electron chi connectivity index (χ4n) is 2.77. The molecule has 0 aromatic heterocycles. The molecule has 1 saturated heterocycles. The molecule has 0 aliphatic carbocycles. The van der Waals surface area contributed by atoms with Crippen LogP contribution >= 0.6 is 46.0 Å². The van der Waals surface area contributed by atoms with Crippen LogP contribution in [0, 0.1) is 3.57 Å².